The zero-order chi connectivity index (χ0) is 27.5. The molecule has 0 radical (unpaired) electrons. The molecule has 1 aliphatic rings. The zero-order valence-electron chi connectivity index (χ0n) is 22.6. The summed E-state index contributed by atoms with van der Waals surface area (Å²) in [7, 11) is 1.92. The largest absolute Gasteiger partial charge is 0.493 e. The molecule has 8 heteroatoms. The normalized spacial score (nSPS) is 14.0. The number of ether oxygens (including phenoxy) is 2. The van der Waals surface area contributed by atoms with Crippen molar-refractivity contribution in [1.29, 1.82) is 0 Å². The number of nitrogens with zero attached hydrogens (tertiary/aromatic N) is 4. The molecule has 0 fully saturated rings. The highest BCUT2D eigenvalue weighted by molar-refractivity contribution is 6.08. The van der Waals surface area contributed by atoms with Crippen LogP contribution in [0.5, 0.6) is 5.75 Å². The molecular weight excluding hydrogens is 492 g/mol. The van der Waals surface area contributed by atoms with E-state index >= 15 is 0 Å². The van der Waals surface area contributed by atoms with Crippen LogP contribution in [-0.4, -0.2) is 42.8 Å². The molecule has 4 heterocycles. The summed E-state index contributed by atoms with van der Waals surface area (Å²) in [5.74, 6) is -0.261. The quantitative estimate of drug-likeness (QED) is 0.301. The van der Waals surface area contributed by atoms with Gasteiger partial charge in [-0.3, -0.25) is 4.98 Å². The van der Waals surface area contributed by atoms with Gasteiger partial charge in [-0.15, -0.1) is 0 Å². The lowest BCUT2D eigenvalue weighted by atomic mass is 9.86. The second-order valence-corrected chi connectivity index (χ2v) is 11.0. The number of hydrogen-bond donors (Lipinski definition) is 1. The molecule has 1 atom stereocenters. The first-order valence-electron chi connectivity index (χ1n) is 13.0. The van der Waals surface area contributed by atoms with Gasteiger partial charge >= 0.3 is 5.97 Å². The van der Waals surface area contributed by atoms with Crippen LogP contribution >= 0.6 is 0 Å². The Balaban J connectivity index is 1.70. The maximum absolute atomic E-state index is 12.7. The number of aliphatic carboxylic acids is 1. The third-order valence-electron chi connectivity index (χ3n) is 7.01. The van der Waals surface area contributed by atoms with E-state index in [4.69, 9.17) is 19.4 Å². The second-order valence-electron chi connectivity index (χ2n) is 11.0. The summed E-state index contributed by atoms with van der Waals surface area (Å²) in [6.45, 7) is 8.12. The van der Waals surface area contributed by atoms with E-state index in [2.05, 4.69) is 4.98 Å². The molecule has 1 N–H and O–H groups in total. The van der Waals surface area contributed by atoms with Crippen LogP contribution < -0.4 is 4.74 Å². The van der Waals surface area contributed by atoms with Gasteiger partial charge in [0.15, 0.2) is 6.10 Å². The van der Waals surface area contributed by atoms with Gasteiger partial charge in [0.1, 0.15) is 11.4 Å². The zero-order valence-corrected chi connectivity index (χ0v) is 22.6. The van der Waals surface area contributed by atoms with Crippen LogP contribution in [0.4, 0.5) is 0 Å². The van der Waals surface area contributed by atoms with E-state index in [1.54, 1.807) is 6.33 Å². The minimum Gasteiger partial charge on any atom is -0.493 e. The fourth-order valence-electron chi connectivity index (χ4n) is 5.43. The summed E-state index contributed by atoms with van der Waals surface area (Å²) in [6, 6.07) is 11.8. The van der Waals surface area contributed by atoms with Crippen molar-refractivity contribution >= 4 is 27.8 Å². The van der Waals surface area contributed by atoms with Crippen molar-refractivity contribution in [3.63, 3.8) is 0 Å². The molecule has 1 unspecified atom stereocenters. The van der Waals surface area contributed by atoms with E-state index in [-0.39, 0.29) is 0 Å². The van der Waals surface area contributed by atoms with E-state index in [0.717, 1.165) is 67.6 Å². The summed E-state index contributed by atoms with van der Waals surface area (Å²) >= 11 is 0. The SMILES string of the molecule is Cc1cc2nc(-c3cn(C)cn3)ccc2c(-c2ccc3c4c(ccnc24)CCO3)c1C(OC(C)(C)C)C(=O)O. The maximum atomic E-state index is 12.7. The standard InChI is InChI=1S/C31H30N4O4/c1-17-14-22-19(6-8-21(34-22)23-15-35(5)16-33-23)27(25(17)29(30(36)37)39-31(2,3)4)20-7-9-24-26-18(11-13-38-24)10-12-32-28(20)26/h6-10,12,14-16,29H,11,13H2,1-5H3,(H,36,37). The minimum absolute atomic E-state index is 0.594. The Morgan fingerprint density at radius 2 is 1.95 bits per heavy atom. The number of fused-ring (bicyclic) bond motifs is 1. The smallest absolute Gasteiger partial charge is 0.337 e. The van der Waals surface area contributed by atoms with Crippen molar-refractivity contribution in [3.8, 4) is 28.3 Å². The molecule has 0 spiro atoms. The van der Waals surface area contributed by atoms with Gasteiger partial charge in [-0.25, -0.2) is 14.8 Å². The number of carbonyl (C=O) groups is 1. The summed E-state index contributed by atoms with van der Waals surface area (Å²) in [6.07, 6.45) is 5.07. The Labute approximate surface area is 226 Å². The van der Waals surface area contributed by atoms with Crippen LogP contribution in [0.15, 0.2) is 55.1 Å². The lowest BCUT2D eigenvalue weighted by Crippen LogP contribution is -2.28. The van der Waals surface area contributed by atoms with Gasteiger partial charge in [0.2, 0.25) is 0 Å². The van der Waals surface area contributed by atoms with Crippen LogP contribution in [0.1, 0.15) is 43.6 Å². The Kier molecular flexibility index (Phi) is 5.88. The number of aromatic nitrogens is 4. The number of rotatable bonds is 5. The van der Waals surface area contributed by atoms with Crippen LogP contribution in [0.2, 0.25) is 0 Å². The van der Waals surface area contributed by atoms with E-state index < -0.39 is 17.7 Å². The van der Waals surface area contributed by atoms with Crippen molar-refractivity contribution in [2.24, 2.45) is 7.05 Å². The molecule has 3 aromatic heterocycles. The van der Waals surface area contributed by atoms with Gasteiger partial charge < -0.3 is 19.1 Å². The van der Waals surface area contributed by atoms with Crippen molar-refractivity contribution in [2.45, 2.75) is 45.8 Å². The molecule has 0 amide bonds. The van der Waals surface area contributed by atoms with E-state index in [9.17, 15) is 9.90 Å². The average Bonchev–Trinajstić information content (AvgIpc) is 3.33. The molecule has 39 heavy (non-hydrogen) atoms. The fraction of sp³-hybridized carbons (Fsp3) is 0.290. The number of carboxylic acid groups (broad SMARTS) is 1. The van der Waals surface area contributed by atoms with Gasteiger partial charge in [0, 0.05) is 47.8 Å². The van der Waals surface area contributed by atoms with Gasteiger partial charge in [0.05, 0.1) is 35.3 Å². The Morgan fingerprint density at radius 3 is 2.67 bits per heavy atom. The first-order valence-corrected chi connectivity index (χ1v) is 13.0. The van der Waals surface area contributed by atoms with E-state index in [1.807, 2.05) is 88.1 Å². The number of aryl methyl sites for hydroxylation is 2. The number of hydrogen-bond acceptors (Lipinski definition) is 6. The summed E-state index contributed by atoms with van der Waals surface area (Å²) in [5.41, 5.74) is 6.44. The Hall–Kier alpha value is -4.30. The predicted octanol–water partition coefficient (Wildman–Crippen LogP) is 6.03. The number of benzene rings is 2. The summed E-state index contributed by atoms with van der Waals surface area (Å²) in [4.78, 5) is 26.9. The average molecular weight is 523 g/mol. The molecule has 0 saturated carbocycles. The number of carboxylic acids is 1. The van der Waals surface area contributed by atoms with Crippen LogP contribution in [-0.2, 0) is 23.0 Å². The van der Waals surface area contributed by atoms with Crippen molar-refractivity contribution in [2.75, 3.05) is 6.61 Å². The van der Waals surface area contributed by atoms with E-state index in [0.29, 0.717) is 12.2 Å². The monoisotopic (exact) mass is 522 g/mol. The molecule has 1 aliphatic heterocycles. The first kappa shape index (κ1) is 25.0. The highest BCUT2D eigenvalue weighted by atomic mass is 16.5. The predicted molar refractivity (Wildman–Crippen MR) is 150 cm³/mol. The van der Waals surface area contributed by atoms with Crippen LogP contribution in [0.3, 0.4) is 0 Å². The van der Waals surface area contributed by atoms with Crippen LogP contribution in [0, 0.1) is 6.92 Å². The summed E-state index contributed by atoms with van der Waals surface area (Å²) < 4.78 is 14.0. The van der Waals surface area contributed by atoms with E-state index in [1.165, 1.54) is 0 Å². The lowest BCUT2D eigenvalue weighted by molar-refractivity contribution is -0.160. The summed E-state index contributed by atoms with van der Waals surface area (Å²) in [5, 5.41) is 12.2. The Morgan fingerprint density at radius 1 is 1.13 bits per heavy atom. The maximum Gasteiger partial charge on any atom is 0.337 e. The fourth-order valence-corrected chi connectivity index (χ4v) is 5.43. The van der Waals surface area contributed by atoms with Gasteiger partial charge in [0.25, 0.3) is 0 Å². The Bertz CT molecular complexity index is 1760. The van der Waals surface area contributed by atoms with Crippen molar-refractivity contribution in [1.82, 2.24) is 19.5 Å². The van der Waals surface area contributed by atoms with Gasteiger partial charge in [-0.05, 0) is 80.8 Å². The van der Waals surface area contributed by atoms with Crippen molar-refractivity contribution < 1.29 is 19.4 Å². The molecule has 8 nitrogen and oxygen atoms in total. The topological polar surface area (TPSA) is 99.4 Å². The third-order valence-corrected chi connectivity index (χ3v) is 7.01. The van der Waals surface area contributed by atoms with Gasteiger partial charge in [-0.2, -0.15) is 0 Å². The molecule has 2 aromatic carbocycles. The molecular formula is C31H30N4O4. The molecule has 0 bridgehead atoms. The lowest BCUT2D eigenvalue weighted by Gasteiger charge is -2.29. The highest BCUT2D eigenvalue weighted by Crippen LogP contribution is 2.45. The number of pyridine rings is 2. The molecule has 6 rings (SSSR count). The first-order chi connectivity index (χ1) is 18.6. The molecule has 198 valence electrons. The molecule has 5 aromatic rings. The molecule has 0 saturated heterocycles. The van der Waals surface area contributed by atoms with Crippen LogP contribution in [0.25, 0.3) is 44.3 Å². The third kappa shape index (κ3) is 4.40. The number of imidazole rings is 1. The highest BCUT2D eigenvalue weighted by Gasteiger charge is 2.33. The van der Waals surface area contributed by atoms with Crippen molar-refractivity contribution in [3.05, 3.63) is 71.8 Å². The minimum atomic E-state index is -1.19. The second kappa shape index (κ2) is 9.17. The molecule has 0 aliphatic carbocycles. The van der Waals surface area contributed by atoms with Gasteiger partial charge in [-0.1, -0.05) is 0 Å².